The van der Waals surface area contributed by atoms with E-state index in [0.29, 0.717) is 11.8 Å². The topological polar surface area (TPSA) is 0 Å². The van der Waals surface area contributed by atoms with Crippen molar-refractivity contribution in [1.82, 2.24) is 0 Å². The molecule has 1 aromatic rings. The largest absolute Gasteiger partial charge is 0.0769 e. The van der Waals surface area contributed by atoms with Crippen LogP contribution in [0.15, 0.2) is 35.9 Å². The average molecular weight is 290 g/mol. The third-order valence-corrected chi connectivity index (χ3v) is 5.65. The molecule has 0 aromatic heterocycles. The van der Waals surface area contributed by atoms with Crippen LogP contribution in [0.1, 0.15) is 56.7 Å². The molecule has 2 unspecified atom stereocenters. The second-order valence-electron chi connectivity index (χ2n) is 7.68. The number of hydrogen-bond donors (Lipinski definition) is 0. The number of rotatable bonds is 4. The van der Waals surface area contributed by atoms with E-state index in [2.05, 4.69) is 58.0 Å². The first-order valence-corrected chi connectivity index (χ1v) is 8.71. The van der Waals surface area contributed by atoms with Gasteiger partial charge in [0.1, 0.15) is 0 Å². The summed E-state index contributed by atoms with van der Waals surface area (Å²) < 4.78 is 0. The molecule has 2 aliphatic rings. The number of hydrogen-bond acceptors (Lipinski definition) is 0. The van der Waals surface area contributed by atoms with Crippen LogP contribution >= 0.6 is 0 Å². The summed E-state index contributed by atoms with van der Waals surface area (Å²) in [5.41, 5.74) is 7.36. The zero-order valence-corrected chi connectivity index (χ0v) is 14.4. The van der Waals surface area contributed by atoms with E-state index in [1.165, 1.54) is 34.3 Å². The standard InChI is InChI=1S/C21H27B/c1-5-21(4,22)9-8-16-13-20-18(11-15(16)3)12-17-10-14(2)6-7-19(17)20/h6-7,10-11,13,15-16H,5,8-9,12H2,1-4H3/t15?,16?,21-/m0/s1. The van der Waals surface area contributed by atoms with Gasteiger partial charge >= 0.3 is 0 Å². The van der Waals surface area contributed by atoms with E-state index >= 15 is 0 Å². The van der Waals surface area contributed by atoms with Gasteiger partial charge in [-0.05, 0) is 53.9 Å². The second-order valence-corrected chi connectivity index (χ2v) is 7.68. The molecular weight excluding hydrogens is 263 g/mol. The molecule has 0 fully saturated rings. The summed E-state index contributed by atoms with van der Waals surface area (Å²) >= 11 is 0. The van der Waals surface area contributed by atoms with E-state index in [1.54, 1.807) is 0 Å². The highest BCUT2D eigenvalue weighted by atomic mass is 14.3. The van der Waals surface area contributed by atoms with Crippen molar-refractivity contribution in [2.45, 2.75) is 58.7 Å². The van der Waals surface area contributed by atoms with Crippen LogP contribution in [0.3, 0.4) is 0 Å². The molecule has 114 valence electrons. The van der Waals surface area contributed by atoms with E-state index in [1.807, 2.05) is 0 Å². The van der Waals surface area contributed by atoms with Gasteiger partial charge < -0.3 is 0 Å². The van der Waals surface area contributed by atoms with Gasteiger partial charge in [-0.3, -0.25) is 0 Å². The van der Waals surface area contributed by atoms with Gasteiger partial charge in [0.2, 0.25) is 0 Å². The molecule has 1 heteroatoms. The minimum absolute atomic E-state index is 0.0209. The predicted molar refractivity (Wildman–Crippen MR) is 97.2 cm³/mol. The Bertz CT molecular complexity index is 633. The van der Waals surface area contributed by atoms with Crippen LogP contribution in [0, 0.1) is 18.8 Å². The second kappa shape index (κ2) is 5.76. The Hall–Kier alpha value is -1.24. The highest BCUT2D eigenvalue weighted by Crippen LogP contribution is 2.44. The monoisotopic (exact) mass is 290 g/mol. The molecule has 0 saturated carbocycles. The maximum Gasteiger partial charge on any atom is 0.0742 e. The summed E-state index contributed by atoms with van der Waals surface area (Å²) in [6.45, 7) is 8.92. The molecule has 2 radical (unpaired) electrons. The third kappa shape index (κ3) is 2.96. The van der Waals surface area contributed by atoms with E-state index in [0.717, 1.165) is 19.3 Å². The first-order chi connectivity index (χ1) is 10.4. The summed E-state index contributed by atoms with van der Waals surface area (Å²) in [5.74, 6) is 1.25. The predicted octanol–water partition coefficient (Wildman–Crippen LogP) is 5.66. The van der Waals surface area contributed by atoms with Crippen molar-refractivity contribution in [1.29, 1.82) is 0 Å². The zero-order valence-electron chi connectivity index (χ0n) is 14.4. The highest BCUT2D eigenvalue weighted by Gasteiger charge is 2.29. The quantitative estimate of drug-likeness (QED) is 0.627. The lowest BCUT2D eigenvalue weighted by Gasteiger charge is -2.29. The summed E-state index contributed by atoms with van der Waals surface area (Å²) in [7, 11) is 6.34. The summed E-state index contributed by atoms with van der Waals surface area (Å²) in [4.78, 5) is 0. The molecule has 2 aliphatic carbocycles. The van der Waals surface area contributed by atoms with Crippen LogP contribution in [-0.2, 0) is 6.42 Å². The van der Waals surface area contributed by atoms with Gasteiger partial charge in [0.15, 0.2) is 0 Å². The van der Waals surface area contributed by atoms with Gasteiger partial charge in [-0.1, -0.05) is 74.8 Å². The van der Waals surface area contributed by atoms with Crippen molar-refractivity contribution in [2.75, 3.05) is 0 Å². The van der Waals surface area contributed by atoms with Gasteiger partial charge in [-0.2, -0.15) is 0 Å². The highest BCUT2D eigenvalue weighted by molar-refractivity contribution is 6.14. The maximum absolute atomic E-state index is 6.34. The lowest BCUT2D eigenvalue weighted by atomic mass is 9.64. The fourth-order valence-corrected chi connectivity index (χ4v) is 3.78. The molecule has 22 heavy (non-hydrogen) atoms. The first-order valence-electron chi connectivity index (χ1n) is 8.71. The molecule has 0 heterocycles. The molecule has 1 aromatic carbocycles. The average Bonchev–Trinajstić information content (AvgIpc) is 2.81. The number of benzene rings is 1. The molecule has 0 amide bonds. The first kappa shape index (κ1) is 15.7. The Balaban J connectivity index is 1.84. The van der Waals surface area contributed by atoms with Crippen LogP contribution in [0.25, 0.3) is 5.57 Å². The van der Waals surface area contributed by atoms with Crippen molar-refractivity contribution in [2.24, 2.45) is 11.8 Å². The van der Waals surface area contributed by atoms with E-state index in [-0.39, 0.29) is 5.31 Å². The van der Waals surface area contributed by atoms with Gasteiger partial charge in [-0.25, -0.2) is 0 Å². The SMILES string of the molecule is [B][C@@](C)(CC)CCC1C=C2C(=CC1C)Cc1cc(C)ccc12. The van der Waals surface area contributed by atoms with Crippen molar-refractivity contribution in [3.8, 4) is 0 Å². The lowest BCUT2D eigenvalue weighted by Crippen LogP contribution is -2.16. The van der Waals surface area contributed by atoms with Crippen molar-refractivity contribution in [3.05, 3.63) is 52.6 Å². The van der Waals surface area contributed by atoms with Crippen LogP contribution < -0.4 is 0 Å². The van der Waals surface area contributed by atoms with Crippen LogP contribution in [0.2, 0.25) is 5.31 Å². The van der Waals surface area contributed by atoms with Crippen LogP contribution in [0.4, 0.5) is 0 Å². The fraction of sp³-hybridized carbons (Fsp3) is 0.524. The number of aryl methyl sites for hydroxylation is 1. The fourth-order valence-electron chi connectivity index (χ4n) is 3.78. The van der Waals surface area contributed by atoms with E-state index in [9.17, 15) is 0 Å². The Morgan fingerprint density at radius 2 is 2.05 bits per heavy atom. The lowest BCUT2D eigenvalue weighted by molar-refractivity contribution is 0.408. The Morgan fingerprint density at radius 1 is 1.27 bits per heavy atom. The Labute approximate surface area is 137 Å². The smallest absolute Gasteiger partial charge is 0.0742 e. The molecule has 3 atom stereocenters. The van der Waals surface area contributed by atoms with E-state index < -0.39 is 0 Å². The molecule has 0 spiro atoms. The Kier molecular flexibility index (Phi) is 4.10. The molecule has 0 saturated heterocycles. The van der Waals surface area contributed by atoms with Gasteiger partial charge in [0, 0.05) is 0 Å². The van der Waals surface area contributed by atoms with Crippen molar-refractivity contribution >= 4 is 13.4 Å². The van der Waals surface area contributed by atoms with Gasteiger partial charge in [0.05, 0.1) is 7.85 Å². The zero-order chi connectivity index (χ0) is 15.9. The number of allylic oxidation sites excluding steroid dienone is 4. The minimum Gasteiger partial charge on any atom is -0.0769 e. The molecule has 0 N–H and O–H groups in total. The normalized spacial score (nSPS) is 25.8. The molecule has 3 rings (SSSR count). The summed E-state index contributed by atoms with van der Waals surface area (Å²) in [5, 5.41) is -0.0209. The van der Waals surface area contributed by atoms with Gasteiger partial charge in [0.25, 0.3) is 0 Å². The Morgan fingerprint density at radius 3 is 2.77 bits per heavy atom. The molecule has 0 bridgehead atoms. The van der Waals surface area contributed by atoms with Crippen molar-refractivity contribution in [3.63, 3.8) is 0 Å². The molecule has 0 aliphatic heterocycles. The molecular formula is C21H27B. The minimum atomic E-state index is -0.0209. The van der Waals surface area contributed by atoms with Gasteiger partial charge in [-0.15, -0.1) is 0 Å². The summed E-state index contributed by atoms with van der Waals surface area (Å²) in [6.07, 6.45) is 9.50. The maximum atomic E-state index is 6.34. The van der Waals surface area contributed by atoms with Crippen molar-refractivity contribution < 1.29 is 0 Å². The number of fused-ring (bicyclic) bond motifs is 3. The van der Waals surface area contributed by atoms with E-state index in [4.69, 9.17) is 7.85 Å². The van der Waals surface area contributed by atoms with Crippen LogP contribution in [0.5, 0.6) is 0 Å². The summed E-state index contributed by atoms with van der Waals surface area (Å²) in [6, 6.07) is 6.90. The van der Waals surface area contributed by atoms with Crippen LogP contribution in [-0.4, -0.2) is 7.85 Å². The third-order valence-electron chi connectivity index (χ3n) is 5.65. The molecule has 0 nitrogen and oxygen atoms in total.